The molecule has 0 aliphatic rings. The summed E-state index contributed by atoms with van der Waals surface area (Å²) in [5.41, 5.74) is 6.95. The zero-order valence-corrected chi connectivity index (χ0v) is 11.6. The molecular formula is C12H11ClN4OS. The maximum atomic E-state index is 11.9. The highest BCUT2D eigenvalue weighted by Gasteiger charge is 2.11. The van der Waals surface area contributed by atoms with Gasteiger partial charge in [0.15, 0.2) is 0 Å². The van der Waals surface area contributed by atoms with Gasteiger partial charge in [-0.2, -0.15) is 0 Å². The summed E-state index contributed by atoms with van der Waals surface area (Å²) in [6, 6.07) is 4.96. The van der Waals surface area contributed by atoms with E-state index in [1.165, 1.54) is 0 Å². The van der Waals surface area contributed by atoms with Gasteiger partial charge in [0, 0.05) is 18.8 Å². The van der Waals surface area contributed by atoms with E-state index in [1.54, 1.807) is 42.3 Å². The molecule has 0 unspecified atom stereocenters. The van der Waals surface area contributed by atoms with E-state index >= 15 is 0 Å². The Bertz CT molecular complexity index is 653. The first kappa shape index (κ1) is 13.5. The fourth-order valence-electron chi connectivity index (χ4n) is 1.49. The van der Waals surface area contributed by atoms with Crippen LogP contribution in [0.5, 0.6) is 0 Å². The zero-order chi connectivity index (χ0) is 14.0. The van der Waals surface area contributed by atoms with E-state index in [-0.39, 0.29) is 10.9 Å². The topological polar surface area (TPSA) is 72.9 Å². The lowest BCUT2D eigenvalue weighted by Gasteiger charge is -2.07. The summed E-state index contributed by atoms with van der Waals surface area (Å²) >= 11 is 10.9. The molecule has 7 heteroatoms. The van der Waals surface area contributed by atoms with Crippen LogP contribution in [0.15, 0.2) is 30.7 Å². The van der Waals surface area contributed by atoms with Crippen LogP contribution >= 0.6 is 23.8 Å². The number of carbonyl (C=O) groups excluding carboxylic acids is 1. The molecule has 5 nitrogen and oxygen atoms in total. The van der Waals surface area contributed by atoms with Gasteiger partial charge in [-0.3, -0.25) is 4.79 Å². The van der Waals surface area contributed by atoms with E-state index in [2.05, 4.69) is 10.3 Å². The molecule has 0 aliphatic carbocycles. The van der Waals surface area contributed by atoms with Crippen molar-refractivity contribution in [1.29, 1.82) is 0 Å². The van der Waals surface area contributed by atoms with Crippen LogP contribution in [0.4, 0.5) is 5.69 Å². The van der Waals surface area contributed by atoms with Crippen LogP contribution in [0.1, 0.15) is 16.1 Å². The fourth-order valence-corrected chi connectivity index (χ4v) is 1.84. The number of halogens is 1. The Morgan fingerprint density at radius 2 is 2.26 bits per heavy atom. The van der Waals surface area contributed by atoms with Crippen LogP contribution in [-0.4, -0.2) is 20.4 Å². The predicted molar refractivity (Wildman–Crippen MR) is 78.5 cm³/mol. The number of nitrogens with zero attached hydrogens (tertiary/aromatic N) is 2. The molecule has 98 valence electrons. The maximum Gasteiger partial charge on any atom is 0.275 e. The summed E-state index contributed by atoms with van der Waals surface area (Å²) < 4.78 is 1.69. The number of nitrogens with two attached hydrogens (primary N) is 1. The minimum atomic E-state index is -0.328. The molecule has 1 aromatic heterocycles. The van der Waals surface area contributed by atoms with E-state index in [0.717, 1.165) is 0 Å². The first-order valence-electron chi connectivity index (χ1n) is 5.36. The van der Waals surface area contributed by atoms with Gasteiger partial charge in [-0.25, -0.2) is 4.98 Å². The predicted octanol–water partition coefficient (Wildman–Crippen LogP) is 1.96. The second-order valence-electron chi connectivity index (χ2n) is 3.94. The summed E-state index contributed by atoms with van der Waals surface area (Å²) in [7, 11) is 1.79. The molecule has 0 spiro atoms. The first-order chi connectivity index (χ1) is 8.97. The number of anilines is 1. The number of imidazole rings is 1. The molecule has 2 aromatic rings. The van der Waals surface area contributed by atoms with E-state index < -0.39 is 0 Å². The van der Waals surface area contributed by atoms with Crippen LogP contribution in [0.25, 0.3) is 0 Å². The minimum Gasteiger partial charge on any atom is -0.389 e. The average Bonchev–Trinajstić information content (AvgIpc) is 2.78. The normalized spacial score (nSPS) is 10.2. The second-order valence-corrected chi connectivity index (χ2v) is 4.78. The Morgan fingerprint density at radius 1 is 1.53 bits per heavy atom. The SMILES string of the molecule is Cn1cnc(C(=O)Nc2ccc(C(N)=S)cc2Cl)c1. The van der Waals surface area contributed by atoms with E-state index in [9.17, 15) is 4.79 Å². The molecule has 0 saturated heterocycles. The van der Waals surface area contributed by atoms with Crippen LogP contribution in [0.3, 0.4) is 0 Å². The Hall–Kier alpha value is -1.92. The molecule has 0 bridgehead atoms. The molecule has 1 amide bonds. The van der Waals surface area contributed by atoms with Gasteiger partial charge in [0.05, 0.1) is 17.0 Å². The Kier molecular flexibility index (Phi) is 3.82. The van der Waals surface area contributed by atoms with Gasteiger partial charge >= 0.3 is 0 Å². The Morgan fingerprint density at radius 3 is 2.79 bits per heavy atom. The van der Waals surface area contributed by atoms with Gasteiger partial charge in [0.25, 0.3) is 5.91 Å². The summed E-state index contributed by atoms with van der Waals surface area (Å²) in [6.07, 6.45) is 3.17. The van der Waals surface area contributed by atoms with Crippen LogP contribution in [0, 0.1) is 0 Å². The van der Waals surface area contributed by atoms with Crippen molar-refractivity contribution in [2.45, 2.75) is 0 Å². The maximum absolute atomic E-state index is 11.9. The number of rotatable bonds is 3. The largest absolute Gasteiger partial charge is 0.389 e. The van der Waals surface area contributed by atoms with Crippen molar-refractivity contribution in [1.82, 2.24) is 9.55 Å². The standard InChI is InChI=1S/C12H11ClN4OS/c1-17-5-10(15-6-17)12(18)16-9-3-2-7(11(14)19)4-8(9)13/h2-6H,1H3,(H2,14,19)(H,16,18). The number of nitrogens with one attached hydrogen (secondary N) is 1. The number of thiocarbonyl (C=S) groups is 1. The molecule has 0 atom stereocenters. The number of carbonyl (C=O) groups is 1. The van der Waals surface area contributed by atoms with Crippen LogP contribution < -0.4 is 11.1 Å². The fraction of sp³-hybridized carbons (Fsp3) is 0.0833. The summed E-state index contributed by atoms with van der Waals surface area (Å²) in [4.78, 5) is 16.1. The lowest BCUT2D eigenvalue weighted by Crippen LogP contribution is -2.14. The Balaban J connectivity index is 2.20. The van der Waals surface area contributed by atoms with E-state index in [1.807, 2.05) is 0 Å². The third-order valence-corrected chi connectivity index (χ3v) is 2.99. The molecule has 0 fully saturated rings. The summed E-state index contributed by atoms with van der Waals surface area (Å²) in [5.74, 6) is -0.328. The van der Waals surface area contributed by atoms with Crippen molar-refractivity contribution >= 4 is 40.4 Å². The van der Waals surface area contributed by atoms with Gasteiger partial charge in [-0.1, -0.05) is 23.8 Å². The van der Waals surface area contributed by atoms with Gasteiger partial charge < -0.3 is 15.6 Å². The van der Waals surface area contributed by atoms with Crippen molar-refractivity contribution in [3.63, 3.8) is 0 Å². The molecule has 0 saturated carbocycles. The van der Waals surface area contributed by atoms with Gasteiger partial charge in [-0.05, 0) is 18.2 Å². The van der Waals surface area contributed by atoms with Gasteiger partial charge in [0.1, 0.15) is 10.7 Å². The third-order valence-electron chi connectivity index (χ3n) is 2.44. The molecule has 19 heavy (non-hydrogen) atoms. The first-order valence-corrected chi connectivity index (χ1v) is 6.14. The van der Waals surface area contributed by atoms with Gasteiger partial charge in [-0.15, -0.1) is 0 Å². The number of hydrogen-bond donors (Lipinski definition) is 2. The van der Waals surface area contributed by atoms with Crippen LogP contribution in [-0.2, 0) is 7.05 Å². The summed E-state index contributed by atoms with van der Waals surface area (Å²) in [5, 5.41) is 3.05. The number of hydrogen-bond acceptors (Lipinski definition) is 3. The molecule has 3 N–H and O–H groups in total. The van der Waals surface area contributed by atoms with Crippen molar-refractivity contribution in [3.8, 4) is 0 Å². The van der Waals surface area contributed by atoms with E-state index in [4.69, 9.17) is 29.6 Å². The third kappa shape index (κ3) is 3.10. The number of amides is 1. The van der Waals surface area contributed by atoms with Crippen molar-refractivity contribution in [2.24, 2.45) is 12.8 Å². The molecule has 1 aromatic carbocycles. The van der Waals surface area contributed by atoms with Gasteiger partial charge in [0.2, 0.25) is 0 Å². The van der Waals surface area contributed by atoms with Crippen LogP contribution in [0.2, 0.25) is 5.02 Å². The zero-order valence-electron chi connectivity index (χ0n) is 10.1. The molecule has 0 radical (unpaired) electrons. The molecule has 1 heterocycles. The number of aryl methyl sites for hydroxylation is 1. The molecule has 0 aliphatic heterocycles. The number of benzene rings is 1. The lowest BCUT2D eigenvalue weighted by molar-refractivity contribution is 0.102. The monoisotopic (exact) mass is 294 g/mol. The summed E-state index contributed by atoms with van der Waals surface area (Å²) in [6.45, 7) is 0. The lowest BCUT2D eigenvalue weighted by atomic mass is 10.2. The highest BCUT2D eigenvalue weighted by molar-refractivity contribution is 7.80. The average molecular weight is 295 g/mol. The Labute approximate surface area is 120 Å². The number of aromatic nitrogens is 2. The molecule has 2 rings (SSSR count). The van der Waals surface area contributed by atoms with E-state index in [0.29, 0.717) is 22.0 Å². The van der Waals surface area contributed by atoms with Crippen molar-refractivity contribution < 1.29 is 4.79 Å². The highest BCUT2D eigenvalue weighted by atomic mass is 35.5. The van der Waals surface area contributed by atoms with Crippen molar-refractivity contribution in [2.75, 3.05) is 5.32 Å². The quantitative estimate of drug-likeness (QED) is 0.849. The minimum absolute atomic E-state index is 0.254. The smallest absolute Gasteiger partial charge is 0.275 e. The molecular weight excluding hydrogens is 284 g/mol. The highest BCUT2D eigenvalue weighted by Crippen LogP contribution is 2.23. The van der Waals surface area contributed by atoms with Crippen molar-refractivity contribution in [3.05, 3.63) is 47.0 Å². The second kappa shape index (κ2) is 5.38.